The first-order valence-corrected chi connectivity index (χ1v) is 11.2. The summed E-state index contributed by atoms with van der Waals surface area (Å²) in [5, 5.41) is 0. The Morgan fingerprint density at radius 3 is 1.73 bits per heavy atom. The molecule has 0 spiro atoms. The molecule has 0 aromatic carbocycles. The Kier molecular flexibility index (Phi) is 8.70. The van der Waals surface area contributed by atoms with Crippen molar-refractivity contribution in [3.8, 4) is 0 Å². The van der Waals surface area contributed by atoms with E-state index in [1.54, 1.807) is 0 Å². The summed E-state index contributed by atoms with van der Waals surface area (Å²) in [7, 11) is 0. The summed E-state index contributed by atoms with van der Waals surface area (Å²) in [6.07, 6.45) is 12.5. The number of rotatable bonds is 8. The molecule has 2 saturated heterocycles. The van der Waals surface area contributed by atoms with E-state index in [4.69, 9.17) is 18.9 Å². The highest BCUT2D eigenvalue weighted by molar-refractivity contribution is 4.77. The van der Waals surface area contributed by atoms with E-state index in [1.807, 2.05) is 0 Å². The average molecular weight is 369 g/mol. The molecule has 152 valence electrons. The van der Waals surface area contributed by atoms with Crippen molar-refractivity contribution in [2.45, 2.75) is 90.6 Å². The van der Waals surface area contributed by atoms with Gasteiger partial charge in [0, 0.05) is 17.8 Å². The second kappa shape index (κ2) is 11.0. The van der Waals surface area contributed by atoms with E-state index in [0.29, 0.717) is 17.8 Å². The number of hydrogen-bond acceptors (Lipinski definition) is 4. The van der Waals surface area contributed by atoms with Crippen molar-refractivity contribution in [2.24, 2.45) is 23.7 Å². The molecule has 4 nitrogen and oxygen atoms in total. The summed E-state index contributed by atoms with van der Waals surface area (Å²) in [6, 6.07) is 0. The minimum absolute atomic E-state index is 0.0188. The second-order valence-electron chi connectivity index (χ2n) is 8.80. The van der Waals surface area contributed by atoms with Gasteiger partial charge in [0.05, 0.1) is 26.4 Å². The van der Waals surface area contributed by atoms with Crippen molar-refractivity contribution in [2.75, 3.05) is 26.4 Å². The lowest BCUT2D eigenvalue weighted by Crippen LogP contribution is -2.39. The molecule has 0 radical (unpaired) electrons. The van der Waals surface area contributed by atoms with Crippen LogP contribution in [-0.4, -0.2) is 39.0 Å². The summed E-state index contributed by atoms with van der Waals surface area (Å²) in [5.74, 6) is 2.64. The van der Waals surface area contributed by atoms with Crippen LogP contribution in [0.1, 0.15) is 78.1 Å². The van der Waals surface area contributed by atoms with Crippen molar-refractivity contribution in [3.05, 3.63) is 0 Å². The Hall–Kier alpha value is -0.160. The summed E-state index contributed by atoms with van der Waals surface area (Å²) in [4.78, 5) is 0. The van der Waals surface area contributed by atoms with Crippen LogP contribution in [0.25, 0.3) is 0 Å². The molecule has 3 rings (SSSR count). The highest BCUT2D eigenvalue weighted by Crippen LogP contribution is 2.36. The summed E-state index contributed by atoms with van der Waals surface area (Å²) in [6.45, 7) is 7.92. The highest BCUT2D eigenvalue weighted by atomic mass is 16.7. The molecule has 1 saturated carbocycles. The van der Waals surface area contributed by atoms with Crippen LogP contribution in [0.5, 0.6) is 0 Å². The van der Waals surface area contributed by atoms with Crippen LogP contribution in [0, 0.1) is 23.7 Å². The van der Waals surface area contributed by atoms with E-state index >= 15 is 0 Å². The zero-order valence-electron chi connectivity index (χ0n) is 17.0. The molecule has 0 unspecified atom stereocenters. The lowest BCUT2D eigenvalue weighted by molar-refractivity contribution is -0.236. The van der Waals surface area contributed by atoms with Crippen LogP contribution in [0.4, 0.5) is 0 Å². The molecule has 2 aliphatic heterocycles. The summed E-state index contributed by atoms with van der Waals surface area (Å²) >= 11 is 0. The Balaban J connectivity index is 1.27. The largest absolute Gasteiger partial charge is 0.352 e. The fourth-order valence-electron chi connectivity index (χ4n) is 4.85. The van der Waals surface area contributed by atoms with E-state index in [-0.39, 0.29) is 12.6 Å². The monoisotopic (exact) mass is 368 g/mol. The maximum Gasteiger partial charge on any atom is 0.160 e. The molecular weight excluding hydrogens is 328 g/mol. The van der Waals surface area contributed by atoms with Gasteiger partial charge in [-0.05, 0) is 50.9 Å². The lowest BCUT2D eigenvalue weighted by atomic mass is 9.79. The molecule has 3 fully saturated rings. The minimum Gasteiger partial charge on any atom is -0.352 e. The molecule has 0 N–H and O–H groups in total. The van der Waals surface area contributed by atoms with Gasteiger partial charge in [0.1, 0.15) is 0 Å². The zero-order valence-corrected chi connectivity index (χ0v) is 17.0. The van der Waals surface area contributed by atoms with Crippen molar-refractivity contribution in [1.82, 2.24) is 0 Å². The van der Waals surface area contributed by atoms with E-state index in [1.165, 1.54) is 51.4 Å². The fourth-order valence-corrected chi connectivity index (χ4v) is 4.85. The molecular formula is C22H40O4. The molecule has 0 aromatic heterocycles. The first-order chi connectivity index (χ1) is 12.8. The van der Waals surface area contributed by atoms with Gasteiger partial charge in [-0.2, -0.15) is 0 Å². The van der Waals surface area contributed by atoms with Crippen LogP contribution >= 0.6 is 0 Å². The van der Waals surface area contributed by atoms with Gasteiger partial charge >= 0.3 is 0 Å². The van der Waals surface area contributed by atoms with Crippen LogP contribution in [0.2, 0.25) is 0 Å². The lowest BCUT2D eigenvalue weighted by Gasteiger charge is -2.38. The van der Waals surface area contributed by atoms with Crippen LogP contribution in [-0.2, 0) is 18.9 Å². The predicted molar refractivity (Wildman–Crippen MR) is 103 cm³/mol. The quantitative estimate of drug-likeness (QED) is 0.593. The normalized spacial score (nSPS) is 39.0. The van der Waals surface area contributed by atoms with E-state index in [0.717, 1.165) is 45.2 Å². The van der Waals surface area contributed by atoms with E-state index < -0.39 is 0 Å². The Morgan fingerprint density at radius 2 is 1.12 bits per heavy atom. The predicted octanol–water partition coefficient (Wildman–Crippen LogP) is 5.15. The number of ether oxygens (including phenoxy) is 4. The van der Waals surface area contributed by atoms with Crippen molar-refractivity contribution in [3.63, 3.8) is 0 Å². The van der Waals surface area contributed by atoms with Gasteiger partial charge in [0.15, 0.2) is 12.6 Å². The first-order valence-electron chi connectivity index (χ1n) is 11.2. The van der Waals surface area contributed by atoms with Gasteiger partial charge in [-0.25, -0.2) is 0 Å². The third kappa shape index (κ3) is 6.19. The van der Waals surface area contributed by atoms with Gasteiger partial charge in [0.25, 0.3) is 0 Å². The standard InChI is InChI=1S/C22H40O4/c1-3-5-17-7-10-20(11-8-17)22-25-15-19(16-26-22)9-12-21-23-13-18(6-4-2)14-24-21/h17-22H,3-16H2,1-2H3. The average Bonchev–Trinajstić information content (AvgIpc) is 2.69. The molecule has 0 atom stereocenters. The van der Waals surface area contributed by atoms with E-state index in [9.17, 15) is 0 Å². The maximum absolute atomic E-state index is 6.11. The smallest absolute Gasteiger partial charge is 0.160 e. The minimum atomic E-state index is -0.0188. The first kappa shape index (κ1) is 20.6. The maximum atomic E-state index is 6.11. The van der Waals surface area contributed by atoms with Gasteiger partial charge in [-0.15, -0.1) is 0 Å². The summed E-state index contributed by atoms with van der Waals surface area (Å²) < 4.78 is 24.0. The number of hydrogen-bond donors (Lipinski definition) is 0. The van der Waals surface area contributed by atoms with Crippen LogP contribution < -0.4 is 0 Å². The molecule has 26 heavy (non-hydrogen) atoms. The van der Waals surface area contributed by atoms with Crippen molar-refractivity contribution in [1.29, 1.82) is 0 Å². The Bertz CT molecular complexity index is 364. The second-order valence-corrected chi connectivity index (χ2v) is 8.80. The molecule has 2 heterocycles. The molecule has 4 heteroatoms. The van der Waals surface area contributed by atoms with Gasteiger partial charge in [0.2, 0.25) is 0 Å². The summed E-state index contributed by atoms with van der Waals surface area (Å²) in [5.41, 5.74) is 0. The van der Waals surface area contributed by atoms with Gasteiger partial charge in [-0.1, -0.05) is 33.1 Å². The topological polar surface area (TPSA) is 36.9 Å². The molecule has 3 aliphatic rings. The molecule has 0 amide bonds. The Morgan fingerprint density at radius 1 is 0.577 bits per heavy atom. The van der Waals surface area contributed by atoms with E-state index in [2.05, 4.69) is 13.8 Å². The van der Waals surface area contributed by atoms with Gasteiger partial charge < -0.3 is 18.9 Å². The highest BCUT2D eigenvalue weighted by Gasteiger charge is 2.32. The molecule has 0 bridgehead atoms. The molecule has 0 aromatic rings. The fraction of sp³-hybridized carbons (Fsp3) is 1.00. The van der Waals surface area contributed by atoms with Crippen molar-refractivity contribution < 1.29 is 18.9 Å². The Labute approximate surface area is 160 Å². The SMILES string of the molecule is CCCC1CCC(C2OCC(CCC3OCC(CCC)CO3)CO2)CC1. The van der Waals surface area contributed by atoms with Crippen LogP contribution in [0.15, 0.2) is 0 Å². The molecule has 1 aliphatic carbocycles. The van der Waals surface area contributed by atoms with Crippen molar-refractivity contribution >= 4 is 0 Å². The van der Waals surface area contributed by atoms with Crippen LogP contribution in [0.3, 0.4) is 0 Å². The zero-order chi connectivity index (χ0) is 18.2. The third-order valence-corrected chi connectivity index (χ3v) is 6.51. The third-order valence-electron chi connectivity index (χ3n) is 6.51. The van der Waals surface area contributed by atoms with Gasteiger partial charge in [-0.3, -0.25) is 0 Å².